The molecule has 1 unspecified atom stereocenters. The Morgan fingerprint density at radius 3 is 2.77 bits per heavy atom. The van der Waals surface area contributed by atoms with Gasteiger partial charge in [0.1, 0.15) is 11.4 Å². The Bertz CT molecular complexity index is 602. The molecule has 5 heteroatoms. The van der Waals surface area contributed by atoms with Crippen LogP contribution in [0.4, 0.5) is 0 Å². The lowest BCUT2D eigenvalue weighted by atomic mass is 9.96. The second-order valence-corrected chi connectivity index (χ2v) is 4.91. The summed E-state index contributed by atoms with van der Waals surface area (Å²) in [6.07, 6.45) is 2.13. The third-order valence-electron chi connectivity index (χ3n) is 3.46. The Morgan fingerprint density at radius 1 is 1.32 bits per heavy atom. The third-order valence-corrected chi connectivity index (χ3v) is 3.46. The number of ether oxygens (including phenoxy) is 1. The van der Waals surface area contributed by atoms with Gasteiger partial charge in [-0.1, -0.05) is 30.3 Å². The fourth-order valence-electron chi connectivity index (χ4n) is 2.24. The number of aromatic nitrogens is 1. The van der Waals surface area contributed by atoms with E-state index in [9.17, 15) is 9.90 Å². The first-order chi connectivity index (χ1) is 10.7. The van der Waals surface area contributed by atoms with Crippen molar-refractivity contribution in [3.63, 3.8) is 0 Å². The van der Waals surface area contributed by atoms with Crippen molar-refractivity contribution < 1.29 is 14.6 Å². The van der Waals surface area contributed by atoms with Crippen LogP contribution in [0.5, 0.6) is 5.75 Å². The number of amides is 1. The second kappa shape index (κ2) is 8.14. The smallest absolute Gasteiger partial charge is 0.270 e. The van der Waals surface area contributed by atoms with Gasteiger partial charge in [0, 0.05) is 31.3 Å². The van der Waals surface area contributed by atoms with Crippen molar-refractivity contribution in [3.8, 4) is 5.75 Å². The molecule has 0 aliphatic carbocycles. The fraction of sp³-hybridized carbons (Fsp3) is 0.294. The minimum Gasteiger partial charge on any atom is -0.497 e. The van der Waals surface area contributed by atoms with Gasteiger partial charge in [0.15, 0.2) is 0 Å². The summed E-state index contributed by atoms with van der Waals surface area (Å²) in [5.41, 5.74) is 1.41. The largest absolute Gasteiger partial charge is 0.497 e. The normalized spacial score (nSPS) is 11.7. The molecular formula is C17H20N2O3. The summed E-state index contributed by atoms with van der Waals surface area (Å²) in [7, 11) is 1.55. The van der Waals surface area contributed by atoms with Gasteiger partial charge in [-0.05, 0) is 18.1 Å². The monoisotopic (exact) mass is 300 g/mol. The number of methoxy groups -OCH3 is 1. The maximum absolute atomic E-state index is 12.2. The molecule has 0 radical (unpaired) electrons. The van der Waals surface area contributed by atoms with E-state index in [1.54, 1.807) is 19.2 Å². The molecule has 2 aromatic rings. The molecule has 2 N–H and O–H groups in total. The highest BCUT2D eigenvalue weighted by molar-refractivity contribution is 5.92. The molecule has 1 heterocycles. The Balaban J connectivity index is 2.01. The van der Waals surface area contributed by atoms with Crippen molar-refractivity contribution in [2.24, 2.45) is 0 Å². The summed E-state index contributed by atoms with van der Waals surface area (Å²) in [5.74, 6) is 0.411. The van der Waals surface area contributed by atoms with Gasteiger partial charge in [0.25, 0.3) is 5.91 Å². The van der Waals surface area contributed by atoms with E-state index in [-0.39, 0.29) is 18.4 Å². The predicted octanol–water partition coefficient (Wildman–Crippen LogP) is 1.99. The summed E-state index contributed by atoms with van der Waals surface area (Å²) in [6, 6.07) is 13.1. The highest BCUT2D eigenvalue weighted by Crippen LogP contribution is 2.18. The Morgan fingerprint density at radius 2 is 2.09 bits per heavy atom. The quantitative estimate of drug-likeness (QED) is 0.820. The number of benzene rings is 1. The van der Waals surface area contributed by atoms with E-state index in [2.05, 4.69) is 10.3 Å². The van der Waals surface area contributed by atoms with E-state index in [0.717, 1.165) is 5.56 Å². The molecule has 0 fully saturated rings. The summed E-state index contributed by atoms with van der Waals surface area (Å²) in [4.78, 5) is 16.2. The van der Waals surface area contributed by atoms with Gasteiger partial charge in [-0.2, -0.15) is 0 Å². The van der Waals surface area contributed by atoms with E-state index in [0.29, 0.717) is 24.4 Å². The molecule has 0 spiro atoms. The van der Waals surface area contributed by atoms with E-state index in [1.807, 2.05) is 30.3 Å². The zero-order valence-corrected chi connectivity index (χ0v) is 12.5. The van der Waals surface area contributed by atoms with Crippen LogP contribution in [0.25, 0.3) is 0 Å². The lowest BCUT2D eigenvalue weighted by Crippen LogP contribution is -2.29. The summed E-state index contributed by atoms with van der Waals surface area (Å²) in [6.45, 7) is 0.523. The molecule has 0 bridgehead atoms. The van der Waals surface area contributed by atoms with Crippen LogP contribution in [0.3, 0.4) is 0 Å². The number of carbonyl (C=O) groups is 1. The second-order valence-electron chi connectivity index (χ2n) is 4.91. The van der Waals surface area contributed by atoms with Gasteiger partial charge in [-0.15, -0.1) is 0 Å². The summed E-state index contributed by atoms with van der Waals surface area (Å²) < 4.78 is 5.09. The lowest BCUT2D eigenvalue weighted by molar-refractivity contribution is 0.0944. The number of hydrogen-bond acceptors (Lipinski definition) is 4. The van der Waals surface area contributed by atoms with E-state index < -0.39 is 0 Å². The number of pyridine rings is 1. The molecule has 1 atom stereocenters. The van der Waals surface area contributed by atoms with E-state index in [4.69, 9.17) is 4.74 Å². The zero-order chi connectivity index (χ0) is 15.8. The number of aliphatic hydroxyl groups excluding tert-OH is 1. The van der Waals surface area contributed by atoms with Gasteiger partial charge in [-0.25, -0.2) is 0 Å². The minimum atomic E-state index is -0.252. The molecule has 1 aromatic heterocycles. The van der Waals surface area contributed by atoms with E-state index in [1.165, 1.54) is 6.20 Å². The maximum Gasteiger partial charge on any atom is 0.270 e. The fourth-order valence-corrected chi connectivity index (χ4v) is 2.24. The van der Waals surface area contributed by atoms with Crippen molar-refractivity contribution in [1.82, 2.24) is 10.3 Å². The average molecular weight is 300 g/mol. The first-order valence-corrected chi connectivity index (χ1v) is 7.18. The molecule has 0 saturated heterocycles. The van der Waals surface area contributed by atoms with Crippen molar-refractivity contribution in [2.75, 3.05) is 20.3 Å². The summed E-state index contributed by atoms with van der Waals surface area (Å²) in [5, 5.41) is 12.1. The topological polar surface area (TPSA) is 71.5 Å². The van der Waals surface area contributed by atoms with E-state index >= 15 is 0 Å². The number of nitrogens with zero attached hydrogens (tertiary/aromatic N) is 1. The number of rotatable bonds is 7. The van der Waals surface area contributed by atoms with Crippen LogP contribution in [-0.2, 0) is 0 Å². The average Bonchev–Trinajstić information content (AvgIpc) is 2.59. The maximum atomic E-state index is 12.2. The van der Waals surface area contributed by atoms with Crippen LogP contribution < -0.4 is 10.1 Å². The Labute approximate surface area is 130 Å². The number of aliphatic hydroxyl groups is 1. The van der Waals surface area contributed by atoms with Crippen molar-refractivity contribution in [2.45, 2.75) is 12.3 Å². The van der Waals surface area contributed by atoms with Crippen LogP contribution in [0, 0.1) is 0 Å². The first-order valence-electron chi connectivity index (χ1n) is 7.18. The Hall–Kier alpha value is -2.40. The molecule has 5 nitrogen and oxygen atoms in total. The van der Waals surface area contributed by atoms with Crippen molar-refractivity contribution in [3.05, 3.63) is 59.9 Å². The van der Waals surface area contributed by atoms with Crippen LogP contribution in [0.2, 0.25) is 0 Å². The highest BCUT2D eigenvalue weighted by Gasteiger charge is 2.14. The van der Waals surface area contributed by atoms with Gasteiger partial charge in [0.05, 0.1) is 7.11 Å². The van der Waals surface area contributed by atoms with Crippen molar-refractivity contribution in [1.29, 1.82) is 0 Å². The molecule has 116 valence electrons. The minimum absolute atomic E-state index is 0.0701. The van der Waals surface area contributed by atoms with Gasteiger partial charge in [-0.3, -0.25) is 9.78 Å². The molecular weight excluding hydrogens is 280 g/mol. The lowest BCUT2D eigenvalue weighted by Gasteiger charge is -2.17. The zero-order valence-electron chi connectivity index (χ0n) is 12.5. The molecule has 2 rings (SSSR count). The first kappa shape index (κ1) is 16.0. The number of nitrogens with one attached hydrogen (secondary N) is 1. The van der Waals surface area contributed by atoms with Crippen molar-refractivity contribution >= 4 is 5.91 Å². The molecule has 0 aliphatic rings. The standard InChI is InChI=1S/C17H20N2O3/c1-22-15-7-9-18-16(11-15)17(21)19-12-14(8-10-20)13-5-3-2-4-6-13/h2-7,9,11,14,20H,8,10,12H2,1H3,(H,19,21). The molecule has 0 aliphatic heterocycles. The van der Waals surface area contributed by atoms with Crippen LogP contribution >= 0.6 is 0 Å². The van der Waals surface area contributed by atoms with Crippen LogP contribution in [-0.4, -0.2) is 36.3 Å². The number of carbonyl (C=O) groups excluding carboxylic acids is 1. The molecule has 1 amide bonds. The Kier molecular flexibility index (Phi) is 5.91. The van der Waals surface area contributed by atoms with Crippen LogP contribution in [0.1, 0.15) is 28.4 Å². The molecule has 1 aromatic carbocycles. The van der Waals surface area contributed by atoms with Crippen LogP contribution in [0.15, 0.2) is 48.7 Å². The number of hydrogen-bond donors (Lipinski definition) is 2. The predicted molar refractivity (Wildman–Crippen MR) is 84.0 cm³/mol. The van der Waals surface area contributed by atoms with Gasteiger partial charge >= 0.3 is 0 Å². The summed E-state index contributed by atoms with van der Waals surface area (Å²) >= 11 is 0. The molecule has 22 heavy (non-hydrogen) atoms. The highest BCUT2D eigenvalue weighted by atomic mass is 16.5. The van der Waals surface area contributed by atoms with Gasteiger partial charge < -0.3 is 15.2 Å². The third kappa shape index (κ3) is 4.30. The SMILES string of the molecule is COc1ccnc(C(=O)NCC(CCO)c2ccccc2)c1. The van der Waals surface area contributed by atoms with Gasteiger partial charge in [0.2, 0.25) is 0 Å². The molecule has 0 saturated carbocycles.